The highest BCUT2D eigenvalue weighted by atomic mass is 35.5. The van der Waals surface area contributed by atoms with Crippen LogP contribution in [0.15, 0.2) is 54.1 Å². The number of hydrogen-bond acceptors (Lipinski definition) is 4. The Morgan fingerprint density at radius 3 is 2.22 bits per heavy atom. The first-order valence-electron chi connectivity index (χ1n) is 6.68. The maximum atomic E-state index is 12.3. The molecule has 2 aromatic carbocycles. The molecule has 0 bridgehead atoms. The number of aliphatic hydroxyl groups excluding tert-OH is 1. The lowest BCUT2D eigenvalue weighted by atomic mass is 9.88. The number of Topliss-reactive ketones (excluding diaryl/α,β-unsaturated/α-hetero) is 2. The Bertz CT molecular complexity index is 886. The van der Waals surface area contributed by atoms with Crippen molar-refractivity contribution in [1.29, 1.82) is 0 Å². The lowest BCUT2D eigenvalue weighted by Gasteiger charge is -2.17. The highest BCUT2D eigenvalue weighted by Crippen LogP contribution is 2.29. The molecule has 0 aliphatic heterocycles. The topological polar surface area (TPSA) is 83.5 Å². The van der Waals surface area contributed by atoms with Gasteiger partial charge in [0, 0.05) is 11.1 Å². The average Bonchev–Trinajstić information content (AvgIpc) is 2.55. The molecule has 5 nitrogen and oxygen atoms in total. The maximum Gasteiger partial charge on any atom is 0.263 e. The smallest absolute Gasteiger partial charge is 0.263 e. The molecule has 0 saturated carbocycles. The Hall–Kier alpha value is -2.92. The average molecular weight is 328 g/mol. The number of benzene rings is 2. The summed E-state index contributed by atoms with van der Waals surface area (Å²) in [7, 11) is 0. The van der Waals surface area contributed by atoms with Gasteiger partial charge in [-0.1, -0.05) is 48.0 Å². The van der Waals surface area contributed by atoms with Gasteiger partial charge in [0.05, 0.1) is 10.7 Å². The highest BCUT2D eigenvalue weighted by molar-refractivity contribution is 6.58. The van der Waals surface area contributed by atoms with E-state index in [1.54, 1.807) is 36.4 Å². The van der Waals surface area contributed by atoms with Crippen LogP contribution >= 0.6 is 11.6 Å². The van der Waals surface area contributed by atoms with Gasteiger partial charge >= 0.3 is 0 Å². The number of anilines is 1. The van der Waals surface area contributed by atoms with Gasteiger partial charge in [-0.25, -0.2) is 0 Å². The quantitative estimate of drug-likeness (QED) is 0.656. The molecule has 1 aliphatic rings. The van der Waals surface area contributed by atoms with Crippen LogP contribution in [0.25, 0.3) is 5.76 Å². The Morgan fingerprint density at radius 1 is 0.913 bits per heavy atom. The molecule has 114 valence electrons. The third-order valence-corrected chi connectivity index (χ3v) is 3.78. The molecule has 2 N–H and O–H groups in total. The number of ketones is 2. The van der Waals surface area contributed by atoms with Crippen molar-refractivity contribution in [2.24, 2.45) is 0 Å². The van der Waals surface area contributed by atoms with Gasteiger partial charge in [-0.2, -0.15) is 0 Å². The summed E-state index contributed by atoms with van der Waals surface area (Å²) in [6, 6.07) is 12.5. The molecule has 0 aromatic heterocycles. The number of para-hydroxylation sites is 1. The summed E-state index contributed by atoms with van der Waals surface area (Å²) < 4.78 is 0. The minimum Gasteiger partial charge on any atom is -0.506 e. The summed E-state index contributed by atoms with van der Waals surface area (Å²) in [5, 5.41) is 12.9. The van der Waals surface area contributed by atoms with Crippen molar-refractivity contribution in [1.82, 2.24) is 0 Å². The van der Waals surface area contributed by atoms with Crippen LogP contribution in [-0.2, 0) is 9.59 Å². The van der Waals surface area contributed by atoms with Gasteiger partial charge < -0.3 is 10.4 Å². The number of amides is 1. The zero-order chi connectivity index (χ0) is 16.6. The van der Waals surface area contributed by atoms with Crippen LogP contribution in [0, 0.1) is 0 Å². The zero-order valence-corrected chi connectivity index (χ0v) is 12.4. The first-order valence-corrected chi connectivity index (χ1v) is 7.06. The molecule has 0 radical (unpaired) electrons. The van der Waals surface area contributed by atoms with Crippen molar-refractivity contribution in [3.8, 4) is 0 Å². The number of fused-ring (bicyclic) bond motifs is 1. The van der Waals surface area contributed by atoms with Gasteiger partial charge in [-0.15, -0.1) is 0 Å². The van der Waals surface area contributed by atoms with Crippen LogP contribution in [0.1, 0.15) is 15.9 Å². The third-order valence-electron chi connectivity index (χ3n) is 3.45. The SMILES string of the molecule is O=C(Nc1ccccc1Cl)C1=C(O)c2ccccc2C(=O)C1=O. The molecule has 1 amide bonds. The first-order chi connectivity index (χ1) is 11.0. The third kappa shape index (κ3) is 2.51. The van der Waals surface area contributed by atoms with Crippen LogP contribution < -0.4 is 5.32 Å². The summed E-state index contributed by atoms with van der Waals surface area (Å²) in [5.41, 5.74) is -0.0853. The predicted octanol–water partition coefficient (Wildman–Crippen LogP) is 3.01. The molecule has 0 spiro atoms. The normalized spacial score (nSPS) is 13.8. The summed E-state index contributed by atoms with van der Waals surface area (Å²) >= 11 is 5.94. The fraction of sp³-hybridized carbons (Fsp3) is 0. The van der Waals surface area contributed by atoms with E-state index in [0.717, 1.165) is 0 Å². The van der Waals surface area contributed by atoms with E-state index in [1.165, 1.54) is 12.1 Å². The molecule has 0 saturated heterocycles. The fourth-order valence-corrected chi connectivity index (χ4v) is 2.51. The maximum absolute atomic E-state index is 12.3. The molecular weight excluding hydrogens is 318 g/mol. The van der Waals surface area contributed by atoms with E-state index >= 15 is 0 Å². The van der Waals surface area contributed by atoms with Crippen molar-refractivity contribution < 1.29 is 19.5 Å². The Balaban J connectivity index is 2.05. The number of carbonyl (C=O) groups is 3. The number of halogens is 1. The second-order valence-corrected chi connectivity index (χ2v) is 5.27. The molecule has 0 fully saturated rings. The van der Waals surface area contributed by atoms with E-state index in [1.807, 2.05) is 0 Å². The number of hydrogen-bond donors (Lipinski definition) is 2. The van der Waals surface area contributed by atoms with Gasteiger partial charge in [-0.3, -0.25) is 14.4 Å². The standard InChI is InChI=1S/C17H10ClNO4/c18-11-7-3-4-8-12(11)19-17(23)13-14(20)9-5-1-2-6-10(9)15(21)16(13)22/h1-8,20H,(H,19,23). The summed E-state index contributed by atoms with van der Waals surface area (Å²) in [4.78, 5) is 36.6. The Kier molecular flexibility index (Phi) is 3.72. The fourth-order valence-electron chi connectivity index (χ4n) is 2.32. The molecule has 0 atom stereocenters. The van der Waals surface area contributed by atoms with Gasteiger partial charge in [0.1, 0.15) is 11.3 Å². The number of nitrogens with one attached hydrogen (secondary N) is 1. The minimum atomic E-state index is -1.05. The van der Waals surface area contributed by atoms with Gasteiger partial charge in [0.25, 0.3) is 5.91 Å². The van der Waals surface area contributed by atoms with Crippen molar-refractivity contribution in [3.63, 3.8) is 0 Å². The van der Waals surface area contributed by atoms with Crippen molar-refractivity contribution >= 4 is 40.5 Å². The van der Waals surface area contributed by atoms with Crippen molar-refractivity contribution in [2.75, 3.05) is 5.32 Å². The van der Waals surface area contributed by atoms with Crippen LogP contribution in [0.5, 0.6) is 0 Å². The Morgan fingerprint density at radius 2 is 1.52 bits per heavy atom. The molecule has 3 rings (SSSR count). The number of carbonyl (C=O) groups excluding carboxylic acids is 3. The molecule has 6 heteroatoms. The lowest BCUT2D eigenvalue weighted by Crippen LogP contribution is -2.31. The van der Waals surface area contributed by atoms with Crippen LogP contribution in [0.4, 0.5) is 5.69 Å². The van der Waals surface area contributed by atoms with E-state index in [0.29, 0.717) is 0 Å². The van der Waals surface area contributed by atoms with Crippen LogP contribution in [0.2, 0.25) is 5.02 Å². The van der Waals surface area contributed by atoms with Crippen molar-refractivity contribution in [2.45, 2.75) is 0 Å². The molecule has 0 unspecified atom stereocenters. The summed E-state index contributed by atoms with van der Waals surface area (Å²) in [6.07, 6.45) is 0. The molecular formula is C17H10ClNO4. The summed E-state index contributed by atoms with van der Waals surface area (Å²) in [6.45, 7) is 0. The van der Waals surface area contributed by atoms with E-state index in [-0.39, 0.29) is 21.8 Å². The largest absolute Gasteiger partial charge is 0.506 e. The minimum absolute atomic E-state index is 0.0734. The van der Waals surface area contributed by atoms with E-state index in [9.17, 15) is 19.5 Å². The predicted molar refractivity (Wildman–Crippen MR) is 85.4 cm³/mol. The number of aliphatic hydroxyl groups is 1. The zero-order valence-electron chi connectivity index (χ0n) is 11.7. The van der Waals surface area contributed by atoms with Gasteiger partial charge in [-0.05, 0) is 12.1 Å². The second-order valence-electron chi connectivity index (χ2n) is 4.86. The Labute approximate surface area is 136 Å². The highest BCUT2D eigenvalue weighted by Gasteiger charge is 2.36. The van der Waals surface area contributed by atoms with Crippen LogP contribution in [-0.4, -0.2) is 22.6 Å². The molecule has 1 aliphatic carbocycles. The molecule has 0 heterocycles. The van der Waals surface area contributed by atoms with E-state index in [2.05, 4.69) is 5.32 Å². The van der Waals surface area contributed by atoms with Crippen molar-refractivity contribution in [3.05, 3.63) is 70.3 Å². The van der Waals surface area contributed by atoms with Crippen LogP contribution in [0.3, 0.4) is 0 Å². The van der Waals surface area contributed by atoms with E-state index < -0.39 is 28.8 Å². The second kappa shape index (κ2) is 5.70. The van der Waals surface area contributed by atoms with E-state index in [4.69, 9.17) is 11.6 Å². The van der Waals surface area contributed by atoms with Gasteiger partial charge in [0.2, 0.25) is 11.6 Å². The summed E-state index contributed by atoms with van der Waals surface area (Å²) in [5.74, 6) is -3.29. The molecule has 23 heavy (non-hydrogen) atoms. The first kappa shape index (κ1) is 15.0. The monoisotopic (exact) mass is 327 g/mol. The van der Waals surface area contributed by atoms with Gasteiger partial charge in [0.15, 0.2) is 0 Å². The lowest BCUT2D eigenvalue weighted by molar-refractivity contribution is -0.118. The molecule has 2 aromatic rings. The number of rotatable bonds is 2.